The molecule has 0 aliphatic carbocycles. The predicted octanol–water partition coefficient (Wildman–Crippen LogP) is -0.970. The first-order valence-electron chi connectivity index (χ1n) is 4.91. The number of piperazine rings is 1. The minimum absolute atomic E-state index is 0.0114. The van der Waals surface area contributed by atoms with Gasteiger partial charge in [-0.15, -0.1) is 6.42 Å². The quantitative estimate of drug-likeness (QED) is 0.570. The van der Waals surface area contributed by atoms with Crippen LogP contribution >= 0.6 is 0 Å². The van der Waals surface area contributed by atoms with E-state index in [-0.39, 0.29) is 11.9 Å². The first-order valence-corrected chi connectivity index (χ1v) is 4.91. The molecule has 4 nitrogen and oxygen atoms in total. The zero-order chi connectivity index (χ0) is 10.4. The average molecular weight is 195 g/mol. The second-order valence-corrected chi connectivity index (χ2v) is 3.48. The van der Waals surface area contributed by atoms with Gasteiger partial charge in [0.25, 0.3) is 0 Å². The largest absolute Gasteiger partial charge is 0.342 e. The van der Waals surface area contributed by atoms with Crippen LogP contribution in [0.4, 0.5) is 0 Å². The van der Waals surface area contributed by atoms with Crippen LogP contribution in [0.5, 0.6) is 0 Å². The summed E-state index contributed by atoms with van der Waals surface area (Å²) in [6, 6.07) is -0.176. The summed E-state index contributed by atoms with van der Waals surface area (Å²) in [5.41, 5.74) is 0. The standard InChI is InChI=1S/C10H17N3O/c1-3-9(2)12-10(14)8-13-6-4-11-5-7-13/h1,9,11H,4-8H2,2H3,(H,12,14). The lowest BCUT2D eigenvalue weighted by Gasteiger charge is -2.26. The summed E-state index contributed by atoms with van der Waals surface area (Å²) in [4.78, 5) is 13.5. The van der Waals surface area contributed by atoms with Crippen LogP contribution in [-0.4, -0.2) is 49.6 Å². The minimum Gasteiger partial charge on any atom is -0.342 e. The van der Waals surface area contributed by atoms with E-state index in [1.807, 2.05) is 0 Å². The molecule has 1 rings (SSSR count). The summed E-state index contributed by atoms with van der Waals surface area (Å²) in [6.07, 6.45) is 5.17. The van der Waals surface area contributed by atoms with Crippen molar-refractivity contribution in [3.63, 3.8) is 0 Å². The zero-order valence-electron chi connectivity index (χ0n) is 8.55. The fourth-order valence-electron chi connectivity index (χ4n) is 1.40. The van der Waals surface area contributed by atoms with Gasteiger partial charge in [-0.25, -0.2) is 0 Å². The van der Waals surface area contributed by atoms with Gasteiger partial charge in [-0.05, 0) is 6.92 Å². The van der Waals surface area contributed by atoms with Gasteiger partial charge in [-0.3, -0.25) is 9.69 Å². The molecule has 1 heterocycles. The van der Waals surface area contributed by atoms with E-state index in [9.17, 15) is 4.79 Å². The van der Waals surface area contributed by atoms with Gasteiger partial charge in [-0.2, -0.15) is 0 Å². The molecule has 1 amide bonds. The topological polar surface area (TPSA) is 44.4 Å². The highest BCUT2D eigenvalue weighted by molar-refractivity contribution is 5.78. The maximum Gasteiger partial charge on any atom is 0.235 e. The van der Waals surface area contributed by atoms with Gasteiger partial charge < -0.3 is 10.6 Å². The van der Waals surface area contributed by atoms with Crippen molar-refractivity contribution in [3.8, 4) is 12.3 Å². The molecule has 14 heavy (non-hydrogen) atoms. The molecule has 2 N–H and O–H groups in total. The average Bonchev–Trinajstić information content (AvgIpc) is 2.19. The summed E-state index contributed by atoms with van der Waals surface area (Å²) in [6.45, 7) is 6.02. The summed E-state index contributed by atoms with van der Waals surface area (Å²) < 4.78 is 0. The van der Waals surface area contributed by atoms with E-state index in [1.54, 1.807) is 6.92 Å². The third kappa shape index (κ3) is 3.77. The summed E-state index contributed by atoms with van der Waals surface area (Å²) in [5.74, 6) is 2.48. The van der Waals surface area contributed by atoms with E-state index in [2.05, 4.69) is 21.5 Å². The number of amides is 1. The summed E-state index contributed by atoms with van der Waals surface area (Å²) in [7, 11) is 0. The van der Waals surface area contributed by atoms with Crippen LogP contribution in [0, 0.1) is 12.3 Å². The van der Waals surface area contributed by atoms with Crippen LogP contribution in [0.25, 0.3) is 0 Å². The fourth-order valence-corrected chi connectivity index (χ4v) is 1.40. The van der Waals surface area contributed by atoms with E-state index in [4.69, 9.17) is 6.42 Å². The van der Waals surface area contributed by atoms with E-state index in [0.717, 1.165) is 26.2 Å². The molecule has 1 unspecified atom stereocenters. The van der Waals surface area contributed by atoms with Gasteiger partial charge in [0.1, 0.15) is 0 Å². The lowest BCUT2D eigenvalue weighted by molar-refractivity contribution is -0.122. The number of carbonyl (C=O) groups is 1. The molecule has 0 radical (unpaired) electrons. The van der Waals surface area contributed by atoms with Crippen molar-refractivity contribution in [2.24, 2.45) is 0 Å². The van der Waals surface area contributed by atoms with Gasteiger partial charge in [0.15, 0.2) is 0 Å². The molecule has 1 atom stereocenters. The summed E-state index contributed by atoms with van der Waals surface area (Å²) >= 11 is 0. The van der Waals surface area contributed by atoms with Crippen LogP contribution in [0.2, 0.25) is 0 Å². The Hall–Kier alpha value is -1.05. The molecule has 1 saturated heterocycles. The molecule has 1 fully saturated rings. The number of carbonyl (C=O) groups excluding carboxylic acids is 1. The van der Waals surface area contributed by atoms with Gasteiger partial charge in [-0.1, -0.05) is 5.92 Å². The van der Waals surface area contributed by atoms with Crippen LogP contribution in [0.15, 0.2) is 0 Å². The highest BCUT2D eigenvalue weighted by atomic mass is 16.2. The summed E-state index contributed by atoms with van der Waals surface area (Å²) in [5, 5.41) is 5.97. The third-order valence-electron chi connectivity index (χ3n) is 2.20. The molecule has 0 aromatic rings. The van der Waals surface area contributed by atoms with Crippen LogP contribution in [-0.2, 0) is 4.79 Å². The maximum atomic E-state index is 11.4. The number of hydrogen-bond donors (Lipinski definition) is 2. The van der Waals surface area contributed by atoms with E-state index >= 15 is 0 Å². The zero-order valence-corrected chi connectivity index (χ0v) is 8.55. The third-order valence-corrected chi connectivity index (χ3v) is 2.20. The lowest BCUT2D eigenvalue weighted by atomic mass is 10.3. The first kappa shape index (κ1) is 11.0. The van der Waals surface area contributed by atoms with E-state index in [1.165, 1.54) is 0 Å². The second-order valence-electron chi connectivity index (χ2n) is 3.48. The van der Waals surface area contributed by atoms with Crippen molar-refractivity contribution in [1.82, 2.24) is 15.5 Å². The monoisotopic (exact) mass is 195 g/mol. The molecule has 0 aromatic heterocycles. The molecule has 0 bridgehead atoms. The molecule has 4 heteroatoms. The molecule has 0 saturated carbocycles. The van der Waals surface area contributed by atoms with Crippen molar-refractivity contribution in [1.29, 1.82) is 0 Å². The van der Waals surface area contributed by atoms with Crippen molar-refractivity contribution >= 4 is 5.91 Å². The van der Waals surface area contributed by atoms with Crippen LogP contribution in [0.1, 0.15) is 6.92 Å². The van der Waals surface area contributed by atoms with Crippen LogP contribution in [0.3, 0.4) is 0 Å². The Morgan fingerprint density at radius 3 is 2.86 bits per heavy atom. The molecule has 0 spiro atoms. The Kier molecular flexibility index (Phi) is 4.44. The Morgan fingerprint density at radius 1 is 1.64 bits per heavy atom. The van der Waals surface area contributed by atoms with E-state index < -0.39 is 0 Å². The number of nitrogens with one attached hydrogen (secondary N) is 2. The van der Waals surface area contributed by atoms with Crippen molar-refractivity contribution in [2.75, 3.05) is 32.7 Å². The number of nitrogens with zero attached hydrogens (tertiary/aromatic N) is 1. The van der Waals surface area contributed by atoms with Gasteiger partial charge in [0.05, 0.1) is 12.6 Å². The van der Waals surface area contributed by atoms with Gasteiger partial charge in [0.2, 0.25) is 5.91 Å². The van der Waals surface area contributed by atoms with Crippen molar-refractivity contribution < 1.29 is 4.79 Å². The number of hydrogen-bond acceptors (Lipinski definition) is 3. The van der Waals surface area contributed by atoms with Crippen molar-refractivity contribution in [3.05, 3.63) is 0 Å². The molecule has 78 valence electrons. The number of rotatable bonds is 3. The molecule has 1 aliphatic rings. The maximum absolute atomic E-state index is 11.4. The van der Waals surface area contributed by atoms with E-state index in [0.29, 0.717) is 6.54 Å². The number of terminal acetylenes is 1. The smallest absolute Gasteiger partial charge is 0.235 e. The Bertz CT molecular complexity index is 228. The molecular weight excluding hydrogens is 178 g/mol. The van der Waals surface area contributed by atoms with Crippen molar-refractivity contribution in [2.45, 2.75) is 13.0 Å². The molecule has 1 aliphatic heterocycles. The predicted molar refractivity (Wildman–Crippen MR) is 55.7 cm³/mol. The Morgan fingerprint density at radius 2 is 2.29 bits per heavy atom. The van der Waals surface area contributed by atoms with Crippen LogP contribution < -0.4 is 10.6 Å². The lowest BCUT2D eigenvalue weighted by Crippen LogP contribution is -2.48. The SMILES string of the molecule is C#CC(C)NC(=O)CN1CCNCC1. The Balaban J connectivity index is 2.22. The normalized spacial score (nSPS) is 19.7. The second kappa shape index (κ2) is 5.63. The van der Waals surface area contributed by atoms with Gasteiger partial charge in [0, 0.05) is 26.2 Å². The highest BCUT2D eigenvalue weighted by Crippen LogP contribution is 1.91. The first-order chi connectivity index (χ1) is 6.72. The minimum atomic E-state index is -0.176. The highest BCUT2D eigenvalue weighted by Gasteiger charge is 2.13. The van der Waals surface area contributed by atoms with Gasteiger partial charge >= 0.3 is 0 Å². The molecule has 0 aromatic carbocycles. The fraction of sp³-hybridized carbons (Fsp3) is 0.700. The Labute approximate surface area is 85.0 Å². The molecular formula is C10H17N3O.